The van der Waals surface area contributed by atoms with E-state index in [-0.39, 0.29) is 12.1 Å². The minimum absolute atomic E-state index is 0.119. The molecule has 0 spiro atoms. The number of hydrogen-bond acceptors (Lipinski definition) is 7. The normalized spacial score (nSPS) is 22.9. The van der Waals surface area contributed by atoms with Crippen LogP contribution in [0.1, 0.15) is 24.9 Å². The molecule has 0 bridgehead atoms. The lowest BCUT2D eigenvalue weighted by Crippen LogP contribution is -2.44. The molecular formula is C19H22FN7O. The predicted molar refractivity (Wildman–Crippen MR) is 102 cm³/mol. The molecule has 5 rings (SSSR count). The first-order valence-electron chi connectivity index (χ1n) is 9.54. The maximum atomic E-state index is 14.5. The number of hydrogen-bond donors (Lipinski definition) is 2. The van der Waals surface area contributed by atoms with Crippen molar-refractivity contribution in [1.82, 2.24) is 30.4 Å². The number of halogens is 1. The quantitative estimate of drug-likeness (QED) is 0.667. The molecule has 146 valence electrons. The second-order valence-electron chi connectivity index (χ2n) is 7.21. The summed E-state index contributed by atoms with van der Waals surface area (Å²) in [5, 5.41) is 4.53. The van der Waals surface area contributed by atoms with Crippen LogP contribution in [0.15, 0.2) is 30.6 Å². The van der Waals surface area contributed by atoms with Gasteiger partial charge in [-0.2, -0.15) is 9.49 Å². The zero-order valence-corrected chi connectivity index (χ0v) is 15.6. The molecule has 2 aliphatic rings. The Hall–Kier alpha value is -2.62. The van der Waals surface area contributed by atoms with Crippen molar-refractivity contribution in [3.63, 3.8) is 0 Å². The van der Waals surface area contributed by atoms with E-state index in [1.165, 1.54) is 6.20 Å². The number of ether oxygens (including phenoxy) is 1. The smallest absolute Gasteiger partial charge is 0.222 e. The van der Waals surface area contributed by atoms with Gasteiger partial charge in [-0.15, -0.1) is 0 Å². The monoisotopic (exact) mass is 383 g/mol. The summed E-state index contributed by atoms with van der Waals surface area (Å²) in [5.41, 5.74) is 9.20. The van der Waals surface area contributed by atoms with E-state index in [0.717, 1.165) is 36.5 Å². The number of aromatic nitrogens is 4. The van der Waals surface area contributed by atoms with Crippen LogP contribution in [0.3, 0.4) is 0 Å². The highest BCUT2D eigenvalue weighted by Crippen LogP contribution is 2.31. The van der Waals surface area contributed by atoms with Crippen molar-refractivity contribution >= 4 is 11.5 Å². The summed E-state index contributed by atoms with van der Waals surface area (Å²) in [6.45, 7) is 5.02. The third-order valence-electron chi connectivity index (χ3n) is 5.39. The van der Waals surface area contributed by atoms with Crippen molar-refractivity contribution in [1.29, 1.82) is 0 Å². The number of hydrazine groups is 1. The van der Waals surface area contributed by atoms with Crippen molar-refractivity contribution in [3.05, 3.63) is 42.1 Å². The fourth-order valence-electron chi connectivity index (χ4n) is 3.91. The highest BCUT2D eigenvalue weighted by Gasteiger charge is 2.26. The number of nitrogens with one attached hydrogen (secondary N) is 2. The number of nitrogens with zero attached hydrogens (tertiary/aromatic N) is 5. The molecule has 0 aromatic carbocycles. The molecule has 3 aromatic heterocycles. The van der Waals surface area contributed by atoms with Gasteiger partial charge in [-0.1, -0.05) is 0 Å². The third-order valence-corrected chi connectivity index (χ3v) is 5.39. The Morgan fingerprint density at radius 3 is 3.07 bits per heavy atom. The van der Waals surface area contributed by atoms with Gasteiger partial charge >= 0.3 is 0 Å². The second-order valence-corrected chi connectivity index (χ2v) is 7.21. The molecule has 2 atom stereocenters. The summed E-state index contributed by atoms with van der Waals surface area (Å²) in [6.07, 6.45) is 4.21. The number of fused-ring (bicyclic) bond motifs is 1. The lowest BCUT2D eigenvalue weighted by Gasteiger charge is -2.34. The first kappa shape index (κ1) is 17.5. The van der Waals surface area contributed by atoms with E-state index in [1.807, 2.05) is 12.3 Å². The minimum atomic E-state index is -0.520. The van der Waals surface area contributed by atoms with Crippen LogP contribution >= 0.6 is 0 Å². The summed E-state index contributed by atoms with van der Waals surface area (Å²) in [6, 6.07) is 5.66. The molecule has 2 N–H and O–H groups in total. The third kappa shape index (κ3) is 2.92. The fourth-order valence-corrected chi connectivity index (χ4v) is 3.91. The summed E-state index contributed by atoms with van der Waals surface area (Å²) < 4.78 is 21.8. The Bertz CT molecular complexity index is 1000. The molecule has 1 unspecified atom stereocenters. The van der Waals surface area contributed by atoms with Crippen LogP contribution < -0.4 is 15.8 Å². The molecule has 9 heteroatoms. The van der Waals surface area contributed by atoms with Gasteiger partial charge in [0.2, 0.25) is 5.95 Å². The van der Waals surface area contributed by atoms with Crippen molar-refractivity contribution in [2.24, 2.45) is 0 Å². The highest BCUT2D eigenvalue weighted by atomic mass is 19.1. The van der Waals surface area contributed by atoms with Crippen molar-refractivity contribution in [3.8, 4) is 11.3 Å². The van der Waals surface area contributed by atoms with Gasteiger partial charge in [0.15, 0.2) is 5.65 Å². The standard InChI is InChI=1S/C19H22FN7O/c1-12-11-28-8-7-26(12)17-9-16(13-3-2-5-21-18(13)20)27-19(24-17)14(10-23-27)15-4-6-22-25-15/h2-3,5,9-10,12,15,22,25H,4,6-8,11H2,1H3/t12-,15?/m1/s1. The molecule has 8 nitrogen and oxygen atoms in total. The van der Waals surface area contributed by atoms with Gasteiger partial charge in [0.05, 0.1) is 42.8 Å². The minimum Gasteiger partial charge on any atom is -0.377 e. The van der Waals surface area contributed by atoms with E-state index in [0.29, 0.717) is 24.5 Å². The van der Waals surface area contributed by atoms with Crippen molar-refractivity contribution < 1.29 is 9.13 Å². The average molecular weight is 383 g/mol. The number of morpholine rings is 1. The summed E-state index contributed by atoms with van der Waals surface area (Å²) >= 11 is 0. The van der Waals surface area contributed by atoms with Gasteiger partial charge in [0, 0.05) is 30.9 Å². The predicted octanol–water partition coefficient (Wildman–Crippen LogP) is 1.69. The average Bonchev–Trinajstić information content (AvgIpc) is 3.37. The topological polar surface area (TPSA) is 79.6 Å². The molecule has 0 saturated carbocycles. The van der Waals surface area contributed by atoms with E-state index in [2.05, 4.69) is 32.8 Å². The Kier molecular flexibility index (Phi) is 4.42. The molecular weight excluding hydrogens is 361 g/mol. The van der Waals surface area contributed by atoms with E-state index in [1.54, 1.807) is 16.6 Å². The Morgan fingerprint density at radius 2 is 2.29 bits per heavy atom. The van der Waals surface area contributed by atoms with Crippen LogP contribution in [-0.4, -0.2) is 51.9 Å². The second kappa shape index (κ2) is 7.08. The largest absolute Gasteiger partial charge is 0.377 e. The van der Waals surface area contributed by atoms with Gasteiger partial charge in [-0.3, -0.25) is 10.9 Å². The van der Waals surface area contributed by atoms with Gasteiger partial charge < -0.3 is 9.64 Å². The fraction of sp³-hybridized carbons (Fsp3) is 0.421. The SMILES string of the molecule is C[C@@H]1COCCN1c1cc(-c2cccnc2F)n2ncc(C3CCNN3)c2n1. The molecule has 0 aliphatic carbocycles. The Labute approximate surface area is 161 Å². The summed E-state index contributed by atoms with van der Waals surface area (Å²) in [7, 11) is 0. The van der Waals surface area contributed by atoms with E-state index < -0.39 is 5.95 Å². The van der Waals surface area contributed by atoms with Gasteiger partial charge in [-0.05, 0) is 25.5 Å². The molecule has 28 heavy (non-hydrogen) atoms. The van der Waals surface area contributed by atoms with Crippen LogP contribution in [0.5, 0.6) is 0 Å². The van der Waals surface area contributed by atoms with Crippen LogP contribution in [0.4, 0.5) is 10.2 Å². The van der Waals surface area contributed by atoms with Crippen molar-refractivity contribution in [2.75, 3.05) is 31.2 Å². The zero-order valence-electron chi connectivity index (χ0n) is 15.6. The number of anilines is 1. The Morgan fingerprint density at radius 1 is 1.36 bits per heavy atom. The van der Waals surface area contributed by atoms with E-state index in [9.17, 15) is 4.39 Å². The molecule has 5 heterocycles. The van der Waals surface area contributed by atoms with Gasteiger partial charge in [0.25, 0.3) is 0 Å². The lowest BCUT2D eigenvalue weighted by molar-refractivity contribution is 0.0985. The first-order valence-corrected chi connectivity index (χ1v) is 9.54. The molecule has 3 aromatic rings. The highest BCUT2D eigenvalue weighted by molar-refractivity contribution is 5.69. The van der Waals surface area contributed by atoms with Crippen LogP contribution in [0.25, 0.3) is 16.9 Å². The van der Waals surface area contributed by atoms with Crippen LogP contribution in [0.2, 0.25) is 0 Å². The van der Waals surface area contributed by atoms with E-state index in [4.69, 9.17) is 9.72 Å². The molecule has 2 saturated heterocycles. The molecule has 0 radical (unpaired) electrons. The molecule has 2 aliphatic heterocycles. The summed E-state index contributed by atoms with van der Waals surface area (Å²) in [5.74, 6) is 0.281. The molecule has 0 amide bonds. The van der Waals surface area contributed by atoms with E-state index >= 15 is 0 Å². The molecule has 2 fully saturated rings. The number of rotatable bonds is 3. The van der Waals surface area contributed by atoms with Crippen LogP contribution in [0, 0.1) is 5.95 Å². The maximum Gasteiger partial charge on any atom is 0.222 e. The van der Waals surface area contributed by atoms with Gasteiger partial charge in [-0.25, -0.2) is 14.5 Å². The zero-order chi connectivity index (χ0) is 19.1. The lowest BCUT2D eigenvalue weighted by atomic mass is 10.1. The number of pyridine rings is 1. The van der Waals surface area contributed by atoms with Gasteiger partial charge in [0.1, 0.15) is 5.82 Å². The summed E-state index contributed by atoms with van der Waals surface area (Å²) in [4.78, 5) is 11.0. The first-order chi connectivity index (χ1) is 13.7. The Balaban J connectivity index is 1.72. The maximum absolute atomic E-state index is 14.5. The van der Waals surface area contributed by atoms with Crippen molar-refractivity contribution in [2.45, 2.75) is 25.4 Å². The van der Waals surface area contributed by atoms with Crippen LogP contribution in [-0.2, 0) is 4.74 Å².